The summed E-state index contributed by atoms with van der Waals surface area (Å²) in [4.78, 5) is 12.5. The minimum Gasteiger partial charge on any atom is -0.300 e. The molecule has 0 saturated carbocycles. The number of carbonyl (C=O) groups excluding carboxylic acids is 1. The second kappa shape index (κ2) is 9.96. The van der Waals surface area contributed by atoms with Gasteiger partial charge in [-0.2, -0.15) is 0 Å². The number of anilines is 1. The van der Waals surface area contributed by atoms with Crippen molar-refractivity contribution in [3.63, 3.8) is 0 Å². The highest BCUT2D eigenvalue weighted by Gasteiger charge is 2.32. The van der Waals surface area contributed by atoms with Crippen molar-refractivity contribution in [3.8, 4) is 0 Å². The van der Waals surface area contributed by atoms with Crippen LogP contribution in [0.5, 0.6) is 0 Å². The summed E-state index contributed by atoms with van der Waals surface area (Å²) in [5, 5.41) is 11.3. The predicted octanol–water partition coefficient (Wildman–Crippen LogP) is 3.36. The first-order chi connectivity index (χ1) is 13.9. The molecule has 29 heavy (non-hydrogen) atoms. The van der Waals surface area contributed by atoms with E-state index in [4.69, 9.17) is 0 Å². The van der Waals surface area contributed by atoms with E-state index in [2.05, 4.69) is 22.4 Å². The number of piperidine rings is 1. The van der Waals surface area contributed by atoms with Crippen molar-refractivity contribution in [2.45, 2.75) is 36.3 Å². The topological polar surface area (TPSA) is 92.3 Å². The lowest BCUT2D eigenvalue weighted by molar-refractivity contribution is -0.120. The smallest absolute Gasteiger partial charge is 0.229 e. The van der Waals surface area contributed by atoms with Crippen LogP contribution < -0.4 is 5.32 Å². The number of nitrogens with zero attached hydrogens (tertiary/aromatic N) is 3. The van der Waals surface area contributed by atoms with Crippen LogP contribution in [-0.4, -0.2) is 47.7 Å². The molecule has 0 spiro atoms. The quantitative estimate of drug-likeness (QED) is 0.482. The fourth-order valence-electron chi connectivity index (χ4n) is 3.01. The van der Waals surface area contributed by atoms with Crippen molar-refractivity contribution in [1.82, 2.24) is 14.5 Å². The Bertz CT molecular complexity index is 943. The molecule has 1 N–H and O–H groups in total. The van der Waals surface area contributed by atoms with Crippen LogP contribution in [0.3, 0.4) is 0 Å². The van der Waals surface area contributed by atoms with Crippen molar-refractivity contribution in [3.05, 3.63) is 35.6 Å². The highest BCUT2D eigenvalue weighted by molar-refractivity contribution is 8.01. The minimum atomic E-state index is -3.63. The Morgan fingerprint density at radius 2 is 2.03 bits per heavy atom. The maximum absolute atomic E-state index is 13.8. The van der Waals surface area contributed by atoms with E-state index >= 15 is 0 Å². The highest BCUT2D eigenvalue weighted by Crippen LogP contribution is 2.28. The Morgan fingerprint density at radius 1 is 1.31 bits per heavy atom. The summed E-state index contributed by atoms with van der Waals surface area (Å²) >= 11 is 2.94. The third-order valence-corrected chi connectivity index (χ3v) is 8.59. The van der Waals surface area contributed by atoms with Crippen LogP contribution in [0.4, 0.5) is 9.52 Å². The van der Waals surface area contributed by atoms with Gasteiger partial charge >= 0.3 is 0 Å². The number of benzene rings is 1. The Morgan fingerprint density at radius 3 is 2.72 bits per heavy atom. The van der Waals surface area contributed by atoms with E-state index in [-0.39, 0.29) is 36.2 Å². The molecule has 1 saturated heterocycles. The molecule has 1 aliphatic rings. The van der Waals surface area contributed by atoms with Gasteiger partial charge in [-0.1, -0.05) is 48.2 Å². The zero-order valence-electron chi connectivity index (χ0n) is 16.0. The molecule has 0 atom stereocenters. The van der Waals surface area contributed by atoms with Gasteiger partial charge in [-0.3, -0.25) is 4.79 Å². The Balaban J connectivity index is 1.52. The predicted molar refractivity (Wildman–Crippen MR) is 113 cm³/mol. The Hall–Kier alpha value is -1.56. The van der Waals surface area contributed by atoms with Crippen molar-refractivity contribution < 1.29 is 17.6 Å². The van der Waals surface area contributed by atoms with Gasteiger partial charge in [0.05, 0.1) is 5.75 Å². The minimum absolute atomic E-state index is 0.153. The first-order valence-electron chi connectivity index (χ1n) is 9.37. The van der Waals surface area contributed by atoms with Gasteiger partial charge < -0.3 is 5.32 Å². The largest absolute Gasteiger partial charge is 0.300 e. The van der Waals surface area contributed by atoms with Crippen molar-refractivity contribution >= 4 is 44.2 Å². The summed E-state index contributed by atoms with van der Waals surface area (Å²) in [6, 6.07) is 5.87. The molecule has 1 fully saturated rings. The fraction of sp³-hybridized carbons (Fsp3) is 0.500. The highest BCUT2D eigenvalue weighted by atomic mass is 32.2. The number of thioether (sulfide) groups is 1. The molecular weight excluding hydrogens is 435 g/mol. The number of rotatable bonds is 8. The zero-order chi connectivity index (χ0) is 20.9. The van der Waals surface area contributed by atoms with Gasteiger partial charge in [0.25, 0.3) is 0 Å². The van der Waals surface area contributed by atoms with Crippen LogP contribution in [0.15, 0.2) is 28.6 Å². The normalized spacial score (nSPS) is 16.1. The summed E-state index contributed by atoms with van der Waals surface area (Å²) in [5.41, 5.74) is 0.153. The maximum Gasteiger partial charge on any atom is 0.229 e. The summed E-state index contributed by atoms with van der Waals surface area (Å²) in [5.74, 6) is -0.411. The van der Waals surface area contributed by atoms with E-state index in [1.165, 1.54) is 33.8 Å². The van der Waals surface area contributed by atoms with Crippen LogP contribution in [-0.2, 0) is 20.6 Å². The average molecular weight is 459 g/mol. The van der Waals surface area contributed by atoms with Gasteiger partial charge in [-0.05, 0) is 25.3 Å². The van der Waals surface area contributed by atoms with Crippen LogP contribution in [0, 0.1) is 11.7 Å². The molecule has 1 aromatic carbocycles. The van der Waals surface area contributed by atoms with Gasteiger partial charge in [-0.25, -0.2) is 17.1 Å². The molecule has 1 aromatic heterocycles. The summed E-state index contributed by atoms with van der Waals surface area (Å²) in [6.45, 7) is 2.56. The first kappa shape index (κ1) is 22.1. The SMILES string of the molecule is CCCSc1nnc(NC(=O)C2CCN(S(=O)(=O)Cc3ccccc3F)CC2)s1. The fourth-order valence-corrected chi connectivity index (χ4v) is 6.27. The van der Waals surface area contributed by atoms with Gasteiger partial charge in [0.1, 0.15) is 5.82 Å². The van der Waals surface area contributed by atoms with E-state index in [0.29, 0.717) is 18.0 Å². The number of amides is 1. The van der Waals surface area contributed by atoms with Crippen LogP contribution in [0.2, 0.25) is 0 Å². The standard InChI is InChI=1S/C18H23FN4O3S3/c1-2-11-27-18-22-21-17(28-18)20-16(24)13-7-9-23(10-8-13)29(25,26)12-14-5-3-4-6-15(14)19/h3-6,13H,2,7-12H2,1H3,(H,20,21,24). The molecule has 3 rings (SSSR count). The lowest BCUT2D eigenvalue weighted by atomic mass is 9.97. The molecular formula is C18H23FN4O3S3. The molecule has 11 heteroatoms. The third-order valence-electron chi connectivity index (χ3n) is 4.58. The van der Waals surface area contributed by atoms with Crippen LogP contribution in [0.1, 0.15) is 31.7 Å². The van der Waals surface area contributed by atoms with E-state index in [9.17, 15) is 17.6 Å². The van der Waals surface area contributed by atoms with Crippen molar-refractivity contribution in [2.75, 3.05) is 24.2 Å². The summed E-state index contributed by atoms with van der Waals surface area (Å²) in [6.07, 6.45) is 1.86. The van der Waals surface area contributed by atoms with Crippen LogP contribution in [0.25, 0.3) is 0 Å². The van der Waals surface area contributed by atoms with Gasteiger partial charge in [-0.15, -0.1) is 10.2 Å². The van der Waals surface area contributed by atoms with E-state index in [0.717, 1.165) is 16.5 Å². The van der Waals surface area contributed by atoms with E-state index < -0.39 is 15.8 Å². The van der Waals surface area contributed by atoms with Crippen molar-refractivity contribution in [1.29, 1.82) is 0 Å². The van der Waals surface area contributed by atoms with E-state index in [1.807, 2.05) is 0 Å². The molecule has 1 amide bonds. The molecule has 2 aromatic rings. The summed E-state index contributed by atoms with van der Waals surface area (Å²) < 4.78 is 41.1. The molecule has 0 aliphatic carbocycles. The number of hydrogen-bond acceptors (Lipinski definition) is 7. The number of hydrogen-bond donors (Lipinski definition) is 1. The second-order valence-electron chi connectivity index (χ2n) is 6.73. The van der Waals surface area contributed by atoms with Crippen LogP contribution >= 0.6 is 23.1 Å². The summed E-state index contributed by atoms with van der Waals surface area (Å²) in [7, 11) is -3.63. The Kier molecular flexibility index (Phi) is 7.60. The molecule has 0 radical (unpaired) electrons. The second-order valence-corrected chi connectivity index (χ2v) is 11.0. The average Bonchev–Trinajstić information content (AvgIpc) is 3.15. The molecule has 0 bridgehead atoms. The van der Waals surface area contributed by atoms with Gasteiger partial charge in [0.2, 0.25) is 21.1 Å². The van der Waals surface area contributed by atoms with E-state index in [1.54, 1.807) is 17.8 Å². The zero-order valence-corrected chi connectivity index (χ0v) is 18.5. The maximum atomic E-state index is 13.8. The number of carbonyl (C=O) groups is 1. The molecule has 158 valence electrons. The first-order valence-corrected chi connectivity index (χ1v) is 12.8. The van der Waals surface area contributed by atoms with Gasteiger partial charge in [0, 0.05) is 30.3 Å². The number of halogens is 1. The molecule has 7 nitrogen and oxygen atoms in total. The van der Waals surface area contributed by atoms with Crippen molar-refractivity contribution in [2.24, 2.45) is 5.92 Å². The third kappa shape index (κ3) is 5.97. The lowest BCUT2D eigenvalue weighted by Crippen LogP contribution is -2.42. The lowest BCUT2D eigenvalue weighted by Gasteiger charge is -2.30. The molecule has 0 unspecified atom stereocenters. The Labute approximate surface area is 178 Å². The number of sulfonamides is 1. The number of aromatic nitrogens is 2. The molecule has 1 aliphatic heterocycles. The number of nitrogens with one attached hydrogen (secondary N) is 1. The van der Waals surface area contributed by atoms with Gasteiger partial charge in [0.15, 0.2) is 4.34 Å². The monoisotopic (exact) mass is 458 g/mol. The molecule has 2 heterocycles.